The molecule has 0 unspecified atom stereocenters. The van der Waals surface area contributed by atoms with Crippen LogP contribution in [0.2, 0.25) is 0 Å². The van der Waals surface area contributed by atoms with Crippen molar-refractivity contribution in [2.24, 2.45) is 0 Å². The third-order valence-electron chi connectivity index (χ3n) is 2.83. The zero-order chi connectivity index (χ0) is 18.0. The highest BCUT2D eigenvalue weighted by molar-refractivity contribution is 7.89. The number of ether oxygens (including phenoxy) is 1. The molecule has 0 heterocycles. The van der Waals surface area contributed by atoms with Gasteiger partial charge in [0.25, 0.3) is 0 Å². The third kappa shape index (κ3) is 4.65. The van der Waals surface area contributed by atoms with Crippen molar-refractivity contribution in [3.8, 4) is 5.75 Å². The maximum absolute atomic E-state index is 13.5. The highest BCUT2D eigenvalue weighted by atomic mass is 32.2. The summed E-state index contributed by atoms with van der Waals surface area (Å²) >= 11 is 0. The van der Waals surface area contributed by atoms with Gasteiger partial charge in [0, 0.05) is 12.1 Å². The molecule has 0 aliphatic heterocycles. The van der Waals surface area contributed by atoms with Crippen molar-refractivity contribution in [2.45, 2.75) is 17.8 Å². The number of alkyl halides is 3. The molecule has 0 amide bonds. The molecule has 2 aromatic rings. The Hall–Kier alpha value is -2.20. The van der Waals surface area contributed by atoms with Gasteiger partial charge in [-0.1, -0.05) is 18.2 Å². The average Bonchev–Trinajstić information content (AvgIpc) is 2.47. The highest BCUT2D eigenvalue weighted by Crippen LogP contribution is 2.26. The number of sulfonamides is 1. The van der Waals surface area contributed by atoms with Crippen molar-refractivity contribution < 1.29 is 35.1 Å². The predicted octanol–water partition coefficient (Wildman–Crippen LogP) is 3.34. The predicted molar refractivity (Wildman–Crippen MR) is 73.5 cm³/mol. The number of rotatable bonds is 5. The molecule has 0 spiro atoms. The number of hydrogen-bond donors (Lipinski definition) is 1. The van der Waals surface area contributed by atoms with Crippen LogP contribution in [0.25, 0.3) is 0 Å². The van der Waals surface area contributed by atoms with Gasteiger partial charge in [0.05, 0.1) is 0 Å². The summed E-state index contributed by atoms with van der Waals surface area (Å²) in [5, 5.41) is 0. The number of nitrogens with one attached hydrogen (secondary N) is 1. The SMILES string of the molecule is O=S(=O)(NCc1ccccc1OC(F)(F)F)c1cc(F)ccc1F. The van der Waals surface area contributed by atoms with Crippen molar-refractivity contribution in [1.29, 1.82) is 0 Å². The Morgan fingerprint density at radius 3 is 2.38 bits per heavy atom. The molecule has 0 saturated carbocycles. The minimum atomic E-state index is -4.95. The van der Waals surface area contributed by atoms with Gasteiger partial charge in [-0.2, -0.15) is 0 Å². The van der Waals surface area contributed by atoms with E-state index in [0.29, 0.717) is 12.1 Å². The molecule has 0 fully saturated rings. The van der Waals surface area contributed by atoms with Crippen molar-refractivity contribution in [3.63, 3.8) is 0 Å². The first-order valence-electron chi connectivity index (χ1n) is 6.37. The monoisotopic (exact) mass is 367 g/mol. The summed E-state index contributed by atoms with van der Waals surface area (Å²) in [7, 11) is -4.47. The van der Waals surface area contributed by atoms with Gasteiger partial charge in [0.1, 0.15) is 22.3 Å². The Morgan fingerprint density at radius 2 is 1.71 bits per heavy atom. The Morgan fingerprint density at radius 1 is 1.04 bits per heavy atom. The van der Waals surface area contributed by atoms with Crippen LogP contribution in [-0.2, 0) is 16.6 Å². The fraction of sp³-hybridized carbons (Fsp3) is 0.143. The normalized spacial score (nSPS) is 12.2. The van der Waals surface area contributed by atoms with Gasteiger partial charge in [-0.15, -0.1) is 13.2 Å². The minimum Gasteiger partial charge on any atom is -0.405 e. The molecular weight excluding hydrogens is 357 g/mol. The number of hydrogen-bond acceptors (Lipinski definition) is 3. The van der Waals surface area contributed by atoms with E-state index in [1.807, 2.05) is 4.72 Å². The van der Waals surface area contributed by atoms with E-state index in [0.717, 1.165) is 12.1 Å². The summed E-state index contributed by atoms with van der Waals surface area (Å²) in [6, 6.07) is 6.67. The van der Waals surface area contributed by atoms with E-state index in [2.05, 4.69) is 4.74 Å². The lowest BCUT2D eigenvalue weighted by molar-refractivity contribution is -0.274. The zero-order valence-corrected chi connectivity index (χ0v) is 12.6. The molecule has 2 rings (SSSR count). The summed E-state index contributed by atoms with van der Waals surface area (Å²) < 4.78 is 93.2. The van der Waals surface area contributed by atoms with Crippen LogP contribution in [0.15, 0.2) is 47.4 Å². The van der Waals surface area contributed by atoms with Crippen LogP contribution in [0, 0.1) is 11.6 Å². The molecule has 0 saturated heterocycles. The van der Waals surface area contributed by atoms with Crippen LogP contribution >= 0.6 is 0 Å². The third-order valence-corrected chi connectivity index (χ3v) is 4.25. The van der Waals surface area contributed by atoms with Gasteiger partial charge in [-0.25, -0.2) is 21.9 Å². The van der Waals surface area contributed by atoms with Crippen molar-refractivity contribution in [2.75, 3.05) is 0 Å². The Labute approximate surface area is 133 Å². The molecule has 4 nitrogen and oxygen atoms in total. The lowest BCUT2D eigenvalue weighted by Crippen LogP contribution is -2.25. The molecule has 0 aliphatic rings. The van der Waals surface area contributed by atoms with Gasteiger partial charge in [0.2, 0.25) is 10.0 Å². The van der Waals surface area contributed by atoms with E-state index in [4.69, 9.17) is 0 Å². The number of para-hydroxylation sites is 1. The summed E-state index contributed by atoms with van der Waals surface area (Å²) in [5.74, 6) is -2.77. The molecule has 0 aromatic heterocycles. The maximum Gasteiger partial charge on any atom is 0.573 e. The Bertz CT molecular complexity index is 837. The van der Waals surface area contributed by atoms with Crippen LogP contribution in [-0.4, -0.2) is 14.8 Å². The lowest BCUT2D eigenvalue weighted by atomic mass is 10.2. The topological polar surface area (TPSA) is 55.4 Å². The van der Waals surface area contributed by atoms with Crippen LogP contribution < -0.4 is 9.46 Å². The molecule has 0 radical (unpaired) electrons. The smallest absolute Gasteiger partial charge is 0.405 e. The summed E-state index contributed by atoms with van der Waals surface area (Å²) in [6.45, 7) is -0.607. The van der Waals surface area contributed by atoms with Crippen LogP contribution in [0.3, 0.4) is 0 Å². The summed E-state index contributed by atoms with van der Waals surface area (Å²) in [5.41, 5.74) is -0.129. The minimum absolute atomic E-state index is 0.129. The van der Waals surface area contributed by atoms with Crippen molar-refractivity contribution in [3.05, 3.63) is 59.7 Å². The second kappa shape index (κ2) is 6.73. The molecule has 2 aromatic carbocycles. The fourth-order valence-electron chi connectivity index (χ4n) is 1.81. The lowest BCUT2D eigenvalue weighted by Gasteiger charge is -2.14. The van der Waals surface area contributed by atoms with Crippen LogP contribution in [0.5, 0.6) is 5.75 Å². The molecule has 1 N–H and O–H groups in total. The first kappa shape index (κ1) is 18.1. The molecule has 0 aliphatic carbocycles. The Balaban J connectivity index is 2.23. The second-order valence-corrected chi connectivity index (χ2v) is 6.29. The van der Waals surface area contributed by atoms with Gasteiger partial charge < -0.3 is 4.74 Å². The van der Waals surface area contributed by atoms with Crippen LogP contribution in [0.1, 0.15) is 5.56 Å². The number of halogens is 5. The molecule has 0 atom stereocenters. The van der Waals surface area contributed by atoms with Gasteiger partial charge in [0.15, 0.2) is 0 Å². The zero-order valence-electron chi connectivity index (χ0n) is 11.8. The molecular formula is C14H10F5NO3S. The largest absolute Gasteiger partial charge is 0.573 e. The van der Waals surface area contributed by atoms with E-state index < -0.39 is 45.2 Å². The highest BCUT2D eigenvalue weighted by Gasteiger charge is 2.32. The van der Waals surface area contributed by atoms with Crippen molar-refractivity contribution in [1.82, 2.24) is 4.72 Å². The summed E-state index contributed by atoms with van der Waals surface area (Å²) in [4.78, 5) is -0.947. The fourth-order valence-corrected chi connectivity index (χ4v) is 2.90. The maximum atomic E-state index is 13.5. The molecule has 10 heteroatoms. The number of benzene rings is 2. The molecule has 0 bridgehead atoms. The van der Waals surface area contributed by atoms with E-state index >= 15 is 0 Å². The second-order valence-electron chi connectivity index (χ2n) is 4.55. The van der Waals surface area contributed by atoms with Gasteiger partial charge in [-0.3, -0.25) is 0 Å². The first-order valence-corrected chi connectivity index (χ1v) is 7.85. The van der Waals surface area contributed by atoms with E-state index in [1.54, 1.807) is 0 Å². The summed E-state index contributed by atoms with van der Waals surface area (Å²) in [6.07, 6.45) is -4.95. The van der Waals surface area contributed by atoms with Gasteiger partial charge in [-0.05, 0) is 24.3 Å². The van der Waals surface area contributed by atoms with Crippen LogP contribution in [0.4, 0.5) is 22.0 Å². The standard InChI is InChI=1S/C14H10F5NO3S/c15-10-5-6-11(16)13(7-10)24(21,22)20-8-9-3-1-2-4-12(9)23-14(17,18)19/h1-7,20H,8H2. The van der Waals surface area contributed by atoms with E-state index in [1.165, 1.54) is 18.2 Å². The quantitative estimate of drug-likeness (QED) is 0.825. The van der Waals surface area contributed by atoms with Gasteiger partial charge >= 0.3 is 6.36 Å². The molecule has 24 heavy (non-hydrogen) atoms. The Kier molecular flexibility index (Phi) is 5.09. The average molecular weight is 367 g/mol. The molecule has 130 valence electrons. The van der Waals surface area contributed by atoms with E-state index in [-0.39, 0.29) is 5.56 Å². The van der Waals surface area contributed by atoms with E-state index in [9.17, 15) is 30.4 Å². The first-order chi connectivity index (χ1) is 11.1. The van der Waals surface area contributed by atoms with Crippen molar-refractivity contribution >= 4 is 10.0 Å².